The quantitative estimate of drug-likeness (QED) is 0.113. The van der Waals surface area contributed by atoms with Crippen molar-refractivity contribution in [3.63, 3.8) is 0 Å². The highest BCUT2D eigenvalue weighted by Crippen LogP contribution is 2.11. The summed E-state index contributed by atoms with van der Waals surface area (Å²) in [5, 5.41) is 17.2. The molecular weight excluding hydrogens is 392 g/mol. The standard InChI is InChI=1S/C16H32O.C14H28O/c1-2-3-4-5-6-7-8-9-10-11-12-13-14-15-16-17;1-2-3-4-5-6-7-8-9-10-11-12-13-14-15/h5-6,17H,2-4,7-16H2,1H3;3-4,15H,2,5-14H2,1H3/b6-5-;4-3-. The monoisotopic (exact) mass is 452 g/mol. The summed E-state index contributed by atoms with van der Waals surface area (Å²) in [6, 6.07) is 0. The van der Waals surface area contributed by atoms with Crippen LogP contribution in [0.1, 0.15) is 155 Å². The Labute approximate surface area is 203 Å². The predicted molar refractivity (Wildman–Crippen MR) is 145 cm³/mol. The van der Waals surface area contributed by atoms with Crippen LogP contribution < -0.4 is 0 Å². The maximum absolute atomic E-state index is 8.64. The van der Waals surface area contributed by atoms with Gasteiger partial charge in [-0.2, -0.15) is 0 Å². The van der Waals surface area contributed by atoms with Crippen molar-refractivity contribution in [3.8, 4) is 0 Å². The molecule has 0 amide bonds. The van der Waals surface area contributed by atoms with Crippen LogP contribution in [0, 0.1) is 0 Å². The van der Waals surface area contributed by atoms with E-state index in [0.717, 1.165) is 12.8 Å². The van der Waals surface area contributed by atoms with Gasteiger partial charge in [-0.15, -0.1) is 0 Å². The SMILES string of the molecule is CC/C=C\CCCCCCCCCCO.CCCC/C=C\CCCCCCCCCCO. The summed E-state index contributed by atoms with van der Waals surface area (Å²) in [7, 11) is 0. The average Bonchev–Trinajstić information content (AvgIpc) is 2.81. The van der Waals surface area contributed by atoms with Gasteiger partial charge < -0.3 is 10.2 Å². The molecule has 0 aromatic carbocycles. The zero-order chi connectivity index (χ0) is 23.8. The van der Waals surface area contributed by atoms with Gasteiger partial charge >= 0.3 is 0 Å². The molecule has 0 saturated heterocycles. The normalized spacial score (nSPS) is 11.4. The fourth-order valence-corrected chi connectivity index (χ4v) is 3.71. The first-order chi connectivity index (χ1) is 15.8. The lowest BCUT2D eigenvalue weighted by Crippen LogP contribution is -1.84. The first-order valence-corrected chi connectivity index (χ1v) is 14.3. The minimum atomic E-state index is 0.365. The maximum Gasteiger partial charge on any atom is 0.0431 e. The van der Waals surface area contributed by atoms with Crippen molar-refractivity contribution < 1.29 is 10.2 Å². The second kappa shape index (κ2) is 35.0. The Morgan fingerprint density at radius 1 is 0.375 bits per heavy atom. The smallest absolute Gasteiger partial charge is 0.0431 e. The summed E-state index contributed by atoms with van der Waals surface area (Å²) in [5.41, 5.74) is 0. The van der Waals surface area contributed by atoms with E-state index >= 15 is 0 Å². The number of hydrogen-bond donors (Lipinski definition) is 2. The van der Waals surface area contributed by atoms with Crippen molar-refractivity contribution in [2.24, 2.45) is 0 Å². The van der Waals surface area contributed by atoms with Crippen LogP contribution in [0.15, 0.2) is 24.3 Å². The van der Waals surface area contributed by atoms with Crippen LogP contribution in [-0.2, 0) is 0 Å². The predicted octanol–water partition coefficient (Wildman–Crippen LogP) is 9.69. The molecule has 0 heterocycles. The van der Waals surface area contributed by atoms with Crippen molar-refractivity contribution in [3.05, 3.63) is 24.3 Å². The van der Waals surface area contributed by atoms with Crippen LogP contribution >= 0.6 is 0 Å². The minimum absolute atomic E-state index is 0.365. The van der Waals surface area contributed by atoms with Crippen molar-refractivity contribution in [1.29, 1.82) is 0 Å². The second-order valence-corrected chi connectivity index (χ2v) is 9.17. The Bertz CT molecular complexity index is 349. The molecule has 0 aliphatic rings. The van der Waals surface area contributed by atoms with Gasteiger partial charge in [-0.3, -0.25) is 0 Å². The maximum atomic E-state index is 8.64. The highest BCUT2D eigenvalue weighted by molar-refractivity contribution is 4.81. The third-order valence-electron chi connectivity index (χ3n) is 5.85. The molecule has 2 N–H and O–H groups in total. The van der Waals surface area contributed by atoms with Crippen LogP contribution in [-0.4, -0.2) is 23.4 Å². The molecule has 2 heteroatoms. The van der Waals surface area contributed by atoms with E-state index in [1.54, 1.807) is 0 Å². The van der Waals surface area contributed by atoms with Crippen molar-refractivity contribution in [2.75, 3.05) is 13.2 Å². The van der Waals surface area contributed by atoms with E-state index in [0.29, 0.717) is 13.2 Å². The molecule has 2 nitrogen and oxygen atoms in total. The van der Waals surface area contributed by atoms with E-state index in [2.05, 4.69) is 38.2 Å². The number of hydrogen-bond acceptors (Lipinski definition) is 2. The van der Waals surface area contributed by atoms with E-state index < -0.39 is 0 Å². The van der Waals surface area contributed by atoms with Gasteiger partial charge in [-0.05, 0) is 51.4 Å². The Morgan fingerprint density at radius 3 is 1.03 bits per heavy atom. The molecule has 32 heavy (non-hydrogen) atoms. The molecule has 0 bridgehead atoms. The topological polar surface area (TPSA) is 40.5 Å². The minimum Gasteiger partial charge on any atom is -0.396 e. The van der Waals surface area contributed by atoms with Crippen LogP contribution in [0.4, 0.5) is 0 Å². The number of allylic oxidation sites excluding steroid dienone is 4. The van der Waals surface area contributed by atoms with E-state index in [4.69, 9.17) is 10.2 Å². The molecule has 0 unspecified atom stereocenters. The summed E-state index contributed by atoms with van der Waals surface area (Å²) in [4.78, 5) is 0. The van der Waals surface area contributed by atoms with Crippen molar-refractivity contribution in [2.45, 2.75) is 155 Å². The fraction of sp³-hybridized carbons (Fsp3) is 0.867. The number of aliphatic hydroxyl groups is 2. The zero-order valence-electron chi connectivity index (χ0n) is 22.2. The van der Waals surface area contributed by atoms with Crippen LogP contribution in [0.3, 0.4) is 0 Å². The van der Waals surface area contributed by atoms with Crippen LogP contribution in [0.25, 0.3) is 0 Å². The Kier molecular flexibility index (Phi) is 36.7. The van der Waals surface area contributed by atoms with Gasteiger partial charge in [-0.25, -0.2) is 0 Å². The lowest BCUT2D eigenvalue weighted by Gasteiger charge is -2.00. The molecular formula is C30H60O2. The van der Waals surface area contributed by atoms with Gasteiger partial charge in [0.05, 0.1) is 0 Å². The molecule has 0 saturated carbocycles. The highest BCUT2D eigenvalue weighted by Gasteiger charge is 1.92. The Morgan fingerprint density at radius 2 is 0.688 bits per heavy atom. The Balaban J connectivity index is 0. The summed E-state index contributed by atoms with van der Waals surface area (Å²) < 4.78 is 0. The van der Waals surface area contributed by atoms with Crippen molar-refractivity contribution >= 4 is 0 Å². The molecule has 0 aliphatic heterocycles. The molecule has 0 spiro atoms. The fourth-order valence-electron chi connectivity index (χ4n) is 3.71. The van der Waals surface area contributed by atoms with E-state index in [1.807, 2.05) is 0 Å². The number of aliphatic hydroxyl groups excluding tert-OH is 2. The molecule has 0 fully saturated rings. The van der Waals surface area contributed by atoms with Gasteiger partial charge in [-0.1, -0.05) is 128 Å². The molecule has 0 aromatic heterocycles. The van der Waals surface area contributed by atoms with Crippen molar-refractivity contribution in [1.82, 2.24) is 0 Å². The molecule has 0 radical (unpaired) electrons. The largest absolute Gasteiger partial charge is 0.396 e. The molecule has 0 aromatic rings. The number of unbranched alkanes of at least 4 members (excludes halogenated alkanes) is 18. The Hall–Kier alpha value is -0.600. The molecule has 0 aliphatic carbocycles. The second-order valence-electron chi connectivity index (χ2n) is 9.17. The van der Waals surface area contributed by atoms with Gasteiger partial charge in [0.25, 0.3) is 0 Å². The summed E-state index contributed by atoms with van der Waals surface area (Å²) in [6.07, 6.45) is 37.6. The molecule has 192 valence electrons. The first kappa shape index (κ1) is 33.6. The van der Waals surface area contributed by atoms with E-state index in [-0.39, 0.29) is 0 Å². The average molecular weight is 453 g/mol. The van der Waals surface area contributed by atoms with Gasteiger partial charge in [0, 0.05) is 13.2 Å². The van der Waals surface area contributed by atoms with Gasteiger partial charge in [0.15, 0.2) is 0 Å². The van der Waals surface area contributed by atoms with E-state index in [9.17, 15) is 0 Å². The summed E-state index contributed by atoms with van der Waals surface area (Å²) >= 11 is 0. The molecule has 0 rings (SSSR count). The molecule has 0 atom stereocenters. The van der Waals surface area contributed by atoms with Gasteiger partial charge in [0.1, 0.15) is 0 Å². The zero-order valence-corrected chi connectivity index (χ0v) is 22.2. The first-order valence-electron chi connectivity index (χ1n) is 14.3. The highest BCUT2D eigenvalue weighted by atomic mass is 16.3. The lowest BCUT2D eigenvalue weighted by atomic mass is 10.1. The van der Waals surface area contributed by atoms with E-state index in [1.165, 1.54) is 128 Å². The number of rotatable bonds is 24. The third-order valence-corrected chi connectivity index (χ3v) is 5.85. The summed E-state index contributed by atoms with van der Waals surface area (Å²) in [6.45, 7) is 5.16. The van der Waals surface area contributed by atoms with Crippen LogP contribution in [0.2, 0.25) is 0 Å². The van der Waals surface area contributed by atoms with Crippen LogP contribution in [0.5, 0.6) is 0 Å². The summed E-state index contributed by atoms with van der Waals surface area (Å²) in [5.74, 6) is 0. The van der Waals surface area contributed by atoms with Gasteiger partial charge in [0.2, 0.25) is 0 Å². The third kappa shape index (κ3) is 36.8. The lowest BCUT2D eigenvalue weighted by molar-refractivity contribution is 0.282.